The van der Waals surface area contributed by atoms with Crippen LogP contribution in [0.5, 0.6) is 5.75 Å². The maximum Gasteiger partial charge on any atom is 0.411 e. The first-order valence-electron chi connectivity index (χ1n) is 14.3. The van der Waals surface area contributed by atoms with E-state index >= 15 is 0 Å². The molecule has 0 bridgehead atoms. The number of nitrogens with zero attached hydrogens (tertiary/aromatic N) is 4. The highest BCUT2D eigenvalue weighted by molar-refractivity contribution is 6.43. The average Bonchev–Trinajstić information content (AvgIpc) is 2.95. The van der Waals surface area contributed by atoms with Crippen molar-refractivity contribution in [2.75, 3.05) is 62.2 Å². The van der Waals surface area contributed by atoms with Crippen LogP contribution in [0.1, 0.15) is 45.6 Å². The fraction of sp³-hybridized carbons (Fsp3) is 0.533. The van der Waals surface area contributed by atoms with Gasteiger partial charge in [-0.2, -0.15) is 0 Å². The second kappa shape index (κ2) is 14.3. The van der Waals surface area contributed by atoms with Gasteiger partial charge in [0.05, 0.1) is 28.0 Å². The van der Waals surface area contributed by atoms with Gasteiger partial charge < -0.3 is 19.3 Å². The SMILES string of the molecule is CCN(CC)C(=O)OC(C)N1C(=O)CCc2ccc(OCCCCN3CCN(c4cccc(Cl)c4Cl)CC3)cc21. The number of unbranched alkanes of at least 4 members (excludes halogenated alkanes) is 1. The molecule has 0 N–H and O–H groups in total. The van der Waals surface area contributed by atoms with Crippen LogP contribution in [0.4, 0.5) is 16.2 Å². The van der Waals surface area contributed by atoms with Crippen LogP contribution in [-0.2, 0) is 16.0 Å². The number of carbonyl (C=O) groups is 2. The van der Waals surface area contributed by atoms with Crippen LogP contribution in [0, 0.1) is 0 Å². The molecule has 2 aromatic rings. The quantitative estimate of drug-likeness (QED) is 0.295. The number of carbonyl (C=O) groups excluding carboxylic acids is 2. The first-order chi connectivity index (χ1) is 19.3. The van der Waals surface area contributed by atoms with E-state index in [-0.39, 0.29) is 5.91 Å². The molecule has 218 valence electrons. The number of ether oxygens (including phenoxy) is 2. The van der Waals surface area contributed by atoms with Gasteiger partial charge in [-0.05, 0) is 70.3 Å². The van der Waals surface area contributed by atoms with Crippen LogP contribution < -0.4 is 14.5 Å². The Hall–Kier alpha value is -2.68. The Morgan fingerprint density at radius 3 is 2.48 bits per heavy atom. The first kappa shape index (κ1) is 30.3. The summed E-state index contributed by atoms with van der Waals surface area (Å²) < 4.78 is 11.7. The third kappa shape index (κ3) is 7.33. The summed E-state index contributed by atoms with van der Waals surface area (Å²) >= 11 is 12.6. The Morgan fingerprint density at radius 1 is 1.00 bits per heavy atom. The molecule has 1 unspecified atom stereocenters. The number of benzene rings is 2. The molecular formula is C30H40Cl2N4O4. The van der Waals surface area contributed by atoms with E-state index in [9.17, 15) is 9.59 Å². The van der Waals surface area contributed by atoms with Crippen LogP contribution >= 0.6 is 23.2 Å². The van der Waals surface area contributed by atoms with E-state index < -0.39 is 12.3 Å². The molecule has 4 rings (SSSR count). The molecule has 0 saturated carbocycles. The van der Waals surface area contributed by atoms with Crippen LogP contribution in [0.3, 0.4) is 0 Å². The molecule has 0 aliphatic carbocycles. The molecule has 2 aliphatic heterocycles. The zero-order valence-corrected chi connectivity index (χ0v) is 25.2. The maximum absolute atomic E-state index is 12.8. The van der Waals surface area contributed by atoms with E-state index in [1.165, 1.54) is 0 Å². The van der Waals surface area contributed by atoms with Crippen molar-refractivity contribution >= 4 is 46.6 Å². The smallest absolute Gasteiger partial charge is 0.411 e. The Labute approximate surface area is 247 Å². The molecule has 1 saturated heterocycles. The van der Waals surface area contributed by atoms with E-state index in [0.717, 1.165) is 62.5 Å². The van der Waals surface area contributed by atoms with Gasteiger partial charge in [-0.3, -0.25) is 14.6 Å². The molecule has 10 heteroatoms. The number of rotatable bonds is 11. The lowest BCUT2D eigenvalue weighted by molar-refractivity contribution is -0.120. The van der Waals surface area contributed by atoms with Crippen molar-refractivity contribution in [2.45, 2.75) is 52.7 Å². The molecule has 2 aliphatic rings. The summed E-state index contributed by atoms with van der Waals surface area (Å²) in [6, 6.07) is 11.6. The van der Waals surface area contributed by atoms with Crippen LogP contribution in [0.25, 0.3) is 0 Å². The van der Waals surface area contributed by atoms with Crippen molar-refractivity contribution in [1.82, 2.24) is 9.80 Å². The third-order valence-electron chi connectivity index (χ3n) is 7.63. The summed E-state index contributed by atoms with van der Waals surface area (Å²) in [5, 5.41) is 1.22. The second-order valence-corrected chi connectivity index (χ2v) is 11.0. The molecule has 1 fully saturated rings. The van der Waals surface area contributed by atoms with E-state index in [1.54, 1.807) is 16.7 Å². The highest BCUT2D eigenvalue weighted by Gasteiger charge is 2.31. The number of anilines is 2. The minimum atomic E-state index is -0.703. The Morgan fingerprint density at radius 2 is 1.75 bits per heavy atom. The van der Waals surface area contributed by atoms with Crippen molar-refractivity contribution in [3.63, 3.8) is 0 Å². The van der Waals surface area contributed by atoms with Gasteiger partial charge in [0.2, 0.25) is 5.91 Å². The van der Waals surface area contributed by atoms with Gasteiger partial charge in [0.1, 0.15) is 5.75 Å². The number of amides is 2. The fourth-order valence-corrected chi connectivity index (χ4v) is 5.71. The molecular weight excluding hydrogens is 551 g/mol. The number of halogens is 2. The van der Waals surface area contributed by atoms with Crippen molar-refractivity contribution in [2.24, 2.45) is 0 Å². The van der Waals surface area contributed by atoms with E-state index in [1.807, 2.05) is 50.2 Å². The topological polar surface area (TPSA) is 65.6 Å². The summed E-state index contributed by atoms with van der Waals surface area (Å²) in [5.74, 6) is 0.662. The van der Waals surface area contributed by atoms with Crippen molar-refractivity contribution < 1.29 is 19.1 Å². The Kier molecular flexibility index (Phi) is 10.8. The molecule has 2 amide bonds. The predicted molar refractivity (Wildman–Crippen MR) is 161 cm³/mol. The molecule has 40 heavy (non-hydrogen) atoms. The van der Waals surface area contributed by atoms with Crippen molar-refractivity contribution in [1.29, 1.82) is 0 Å². The van der Waals surface area contributed by atoms with Crippen molar-refractivity contribution in [3.8, 4) is 5.75 Å². The van der Waals surface area contributed by atoms with E-state index in [4.69, 9.17) is 32.7 Å². The van der Waals surface area contributed by atoms with Gasteiger partial charge in [-0.1, -0.05) is 35.3 Å². The summed E-state index contributed by atoms with van der Waals surface area (Å²) in [7, 11) is 0. The van der Waals surface area contributed by atoms with Crippen LogP contribution in [-0.4, -0.2) is 80.4 Å². The van der Waals surface area contributed by atoms with E-state index in [0.29, 0.717) is 48.3 Å². The lowest BCUT2D eigenvalue weighted by Crippen LogP contribution is -2.46. The number of aryl methyl sites for hydroxylation is 1. The van der Waals surface area contributed by atoms with E-state index in [2.05, 4.69) is 9.80 Å². The highest BCUT2D eigenvalue weighted by Crippen LogP contribution is 2.34. The number of hydrogen-bond donors (Lipinski definition) is 0. The Balaban J connectivity index is 1.24. The second-order valence-electron chi connectivity index (χ2n) is 10.2. The minimum absolute atomic E-state index is 0.0535. The minimum Gasteiger partial charge on any atom is -0.494 e. The summed E-state index contributed by atoms with van der Waals surface area (Å²) in [6.07, 6.45) is 1.90. The van der Waals surface area contributed by atoms with Gasteiger partial charge >= 0.3 is 6.09 Å². The fourth-order valence-electron chi connectivity index (χ4n) is 5.30. The number of piperazine rings is 1. The standard InChI is InChI=1S/C30H40Cl2N4O4/c1-4-34(5-2)30(38)40-22(3)36-27-21-24(13-11-23(27)12-14-28(36)37)39-20-7-6-15-33-16-18-35(19-17-33)26-10-8-9-25(31)29(26)32/h8-11,13,21-22H,4-7,12,14-20H2,1-3H3. The lowest BCUT2D eigenvalue weighted by Gasteiger charge is -2.36. The first-order valence-corrected chi connectivity index (χ1v) is 15.0. The largest absolute Gasteiger partial charge is 0.494 e. The lowest BCUT2D eigenvalue weighted by atomic mass is 10.0. The molecule has 0 radical (unpaired) electrons. The molecule has 1 atom stereocenters. The monoisotopic (exact) mass is 590 g/mol. The zero-order valence-electron chi connectivity index (χ0n) is 23.7. The van der Waals surface area contributed by atoms with Gasteiger partial charge in [-0.25, -0.2) is 4.79 Å². The highest BCUT2D eigenvalue weighted by atomic mass is 35.5. The number of hydrogen-bond acceptors (Lipinski definition) is 6. The number of fused-ring (bicyclic) bond motifs is 1. The van der Waals surface area contributed by atoms with Gasteiger partial charge in [0.25, 0.3) is 0 Å². The van der Waals surface area contributed by atoms with Crippen molar-refractivity contribution in [3.05, 3.63) is 52.0 Å². The molecule has 0 aromatic heterocycles. The van der Waals surface area contributed by atoms with Gasteiger partial charge in [0.15, 0.2) is 6.23 Å². The maximum atomic E-state index is 12.8. The average molecular weight is 592 g/mol. The summed E-state index contributed by atoms with van der Waals surface area (Å²) in [6.45, 7) is 12.1. The predicted octanol–water partition coefficient (Wildman–Crippen LogP) is 6.08. The zero-order chi connectivity index (χ0) is 28.6. The molecule has 2 aromatic carbocycles. The molecule has 0 spiro atoms. The summed E-state index contributed by atoms with van der Waals surface area (Å²) in [4.78, 5) is 33.3. The Bertz CT molecular complexity index is 1170. The molecule has 8 nitrogen and oxygen atoms in total. The molecule has 2 heterocycles. The van der Waals surface area contributed by atoms with Gasteiger partial charge in [0, 0.05) is 51.8 Å². The van der Waals surface area contributed by atoms with Crippen LogP contribution in [0.2, 0.25) is 10.0 Å². The van der Waals surface area contributed by atoms with Gasteiger partial charge in [-0.15, -0.1) is 0 Å². The third-order valence-corrected chi connectivity index (χ3v) is 8.44. The normalized spacial score (nSPS) is 16.5. The van der Waals surface area contributed by atoms with Crippen LogP contribution in [0.15, 0.2) is 36.4 Å². The summed E-state index contributed by atoms with van der Waals surface area (Å²) in [5.41, 5.74) is 2.81.